The maximum Gasteiger partial charge on any atom is 0.391 e. The number of carbonyl (C=O) groups is 4. The number of aromatic amines is 1. The number of hydrogen-bond donors (Lipinski definition) is 3. The Balaban J connectivity index is 0.000000182. The maximum atomic E-state index is 13.4. The third-order valence-electron chi connectivity index (χ3n) is 12.2. The van der Waals surface area contributed by atoms with E-state index in [0.29, 0.717) is 54.5 Å². The lowest BCUT2D eigenvalue weighted by Crippen LogP contribution is -2.48. The van der Waals surface area contributed by atoms with Crippen molar-refractivity contribution >= 4 is 58.3 Å². The third kappa shape index (κ3) is 9.99. The van der Waals surface area contributed by atoms with Crippen molar-refractivity contribution in [3.63, 3.8) is 0 Å². The first-order valence-corrected chi connectivity index (χ1v) is 21.6. The van der Waals surface area contributed by atoms with Crippen molar-refractivity contribution in [2.24, 2.45) is 11.8 Å². The number of alkyl halides is 6. The summed E-state index contributed by atoms with van der Waals surface area (Å²) in [5.41, 5.74) is 3.45. The number of anilines is 6. The maximum absolute atomic E-state index is 13.4. The molecular weight excluding hydrogens is 889 g/mol. The number of rotatable bonds is 10. The number of Topliss-reactive ketones (excluding diaryl/α,β-unsaturated/α-hetero) is 2. The average molecular weight is 934 g/mol. The van der Waals surface area contributed by atoms with E-state index < -0.39 is 60.7 Å². The summed E-state index contributed by atoms with van der Waals surface area (Å²) in [7, 11) is 0. The van der Waals surface area contributed by atoms with Crippen LogP contribution in [0.25, 0.3) is 11.3 Å². The highest BCUT2D eigenvalue weighted by Gasteiger charge is 2.44. The summed E-state index contributed by atoms with van der Waals surface area (Å²) in [4.78, 5) is 75.8. The molecule has 2 saturated heterocycles. The molecule has 0 aliphatic carbocycles. The lowest BCUT2D eigenvalue weighted by Gasteiger charge is -2.35. The average Bonchev–Trinajstić information content (AvgIpc) is 4.08. The van der Waals surface area contributed by atoms with Crippen molar-refractivity contribution < 1.29 is 45.5 Å². The predicted octanol–water partition coefficient (Wildman–Crippen LogP) is 8.10. The fraction of sp³-hybridized carbons (Fsp3) is 0.409. The Morgan fingerprint density at radius 3 is 1.67 bits per heavy atom. The Kier molecular flexibility index (Phi) is 12.9. The minimum absolute atomic E-state index is 0.0775. The van der Waals surface area contributed by atoms with Crippen molar-refractivity contribution in [3.05, 3.63) is 84.1 Å². The summed E-state index contributed by atoms with van der Waals surface area (Å²) >= 11 is 0. The molecular formula is C44H45F6N13O4. The third-order valence-corrected chi connectivity index (χ3v) is 12.2. The van der Waals surface area contributed by atoms with Crippen molar-refractivity contribution in [1.29, 1.82) is 0 Å². The first kappa shape index (κ1) is 46.3. The fourth-order valence-electron chi connectivity index (χ4n) is 8.35. The molecule has 4 aliphatic heterocycles. The standard InChI is InChI=1S/C22H21F3N8O2.C22H24F3N5O2/c1-12(22(23,24)25)8-18(34)15-2-3-17-20(28-15)33(14-5-7-32(17)11-14)21(35)29-19-9-13(4-6-26-19)16-10-27-31-30-16;1-3-14-6-8-26-19(11-14)28-21(32)30-15-7-9-29(12-15)17-5-4-16(27-20(17)30)18(31)10-13(2)22(23,24)25/h2-4,6,9-10,12,14H,5,7-8,11H2,1H3,(H,26,29,35)(H,27,30,31);4-6,8,11,13,15H,3,7,9-10,12H2,1-2H3,(H,26,28,32)/t12-,14-;13-,15-/m00/s1. The van der Waals surface area contributed by atoms with E-state index in [0.717, 1.165) is 38.8 Å². The zero-order valence-electron chi connectivity index (χ0n) is 36.4. The van der Waals surface area contributed by atoms with Gasteiger partial charge in [0.2, 0.25) is 0 Å². The van der Waals surface area contributed by atoms with Gasteiger partial charge in [-0.3, -0.25) is 30.0 Å². The van der Waals surface area contributed by atoms with Crippen LogP contribution in [0.1, 0.15) is 73.0 Å². The zero-order chi connectivity index (χ0) is 47.8. The smallest absolute Gasteiger partial charge is 0.366 e. The van der Waals surface area contributed by atoms with Gasteiger partial charge in [-0.25, -0.2) is 29.5 Å². The number of hydrogen-bond acceptors (Lipinski definition) is 12. The van der Waals surface area contributed by atoms with Gasteiger partial charge in [-0.05, 0) is 73.4 Å². The van der Waals surface area contributed by atoms with Crippen LogP contribution in [0.4, 0.5) is 70.6 Å². The molecule has 9 heterocycles. The Morgan fingerprint density at radius 1 is 0.716 bits per heavy atom. The van der Waals surface area contributed by atoms with Crippen LogP contribution in [0.15, 0.2) is 67.1 Å². The van der Waals surface area contributed by atoms with Crippen molar-refractivity contribution in [3.8, 4) is 11.3 Å². The molecule has 9 rings (SSSR count). The number of aromatic nitrogens is 7. The molecule has 0 radical (unpaired) electrons. The summed E-state index contributed by atoms with van der Waals surface area (Å²) in [6, 6.07) is 11.9. The van der Waals surface area contributed by atoms with Gasteiger partial charge in [0.1, 0.15) is 28.7 Å². The minimum atomic E-state index is -4.48. The zero-order valence-corrected chi connectivity index (χ0v) is 36.4. The van der Waals surface area contributed by atoms with E-state index in [-0.39, 0.29) is 40.9 Å². The Bertz CT molecular complexity index is 2670. The van der Waals surface area contributed by atoms with Gasteiger partial charge in [0.15, 0.2) is 23.2 Å². The lowest BCUT2D eigenvalue weighted by atomic mass is 10.0. The van der Waals surface area contributed by atoms with Crippen LogP contribution in [-0.2, 0) is 6.42 Å². The Labute approximate surface area is 379 Å². The van der Waals surface area contributed by atoms with E-state index in [1.807, 2.05) is 17.9 Å². The molecule has 2 fully saturated rings. The lowest BCUT2D eigenvalue weighted by molar-refractivity contribution is -0.169. The van der Waals surface area contributed by atoms with Gasteiger partial charge >= 0.3 is 24.4 Å². The van der Waals surface area contributed by atoms with E-state index in [4.69, 9.17) is 0 Å². The molecule has 4 atom stereocenters. The van der Waals surface area contributed by atoms with E-state index >= 15 is 0 Å². The molecule has 0 saturated carbocycles. The number of nitrogens with zero attached hydrogens (tertiary/aromatic N) is 10. The number of amides is 4. The molecule has 23 heteroatoms. The highest BCUT2D eigenvalue weighted by Crippen LogP contribution is 2.41. The molecule has 0 unspecified atom stereocenters. The molecule has 4 amide bonds. The van der Waals surface area contributed by atoms with Gasteiger partial charge in [-0.15, -0.1) is 0 Å². The molecule has 67 heavy (non-hydrogen) atoms. The number of pyridine rings is 4. The van der Waals surface area contributed by atoms with E-state index in [1.54, 1.807) is 36.5 Å². The monoisotopic (exact) mass is 933 g/mol. The summed E-state index contributed by atoms with van der Waals surface area (Å²) in [5, 5.41) is 15.9. The topological polar surface area (TPSA) is 198 Å². The number of aryl methyl sites for hydroxylation is 1. The van der Waals surface area contributed by atoms with Crippen LogP contribution >= 0.6 is 0 Å². The van der Waals surface area contributed by atoms with Gasteiger partial charge in [-0.1, -0.05) is 20.8 Å². The molecule has 17 nitrogen and oxygen atoms in total. The number of H-pyrrole nitrogens is 1. The summed E-state index contributed by atoms with van der Waals surface area (Å²) in [5.74, 6) is -3.79. The molecule has 0 aromatic carbocycles. The minimum Gasteiger partial charge on any atom is -0.366 e. The Hall–Kier alpha value is -7.20. The van der Waals surface area contributed by atoms with Crippen molar-refractivity contribution in [2.75, 3.05) is 56.4 Å². The van der Waals surface area contributed by atoms with Crippen LogP contribution < -0.4 is 30.2 Å². The highest BCUT2D eigenvalue weighted by molar-refractivity contribution is 6.06. The molecule has 352 valence electrons. The summed E-state index contributed by atoms with van der Waals surface area (Å²) in [6.45, 7) is 6.57. The van der Waals surface area contributed by atoms with Crippen LogP contribution in [-0.4, -0.2) is 110 Å². The second kappa shape index (κ2) is 18.6. The van der Waals surface area contributed by atoms with Gasteiger partial charge in [0.05, 0.1) is 41.5 Å². The normalized spacial score (nSPS) is 18.0. The fourth-order valence-corrected chi connectivity index (χ4v) is 8.35. The van der Waals surface area contributed by atoms with Gasteiger partial charge in [0.25, 0.3) is 0 Å². The van der Waals surface area contributed by atoms with Crippen LogP contribution in [0, 0.1) is 11.8 Å². The summed E-state index contributed by atoms with van der Waals surface area (Å²) in [6.07, 6.45) is -3.46. The molecule has 5 aromatic rings. The Morgan fingerprint density at radius 2 is 1.21 bits per heavy atom. The van der Waals surface area contributed by atoms with Crippen LogP contribution in [0.3, 0.4) is 0 Å². The first-order chi connectivity index (χ1) is 31.9. The van der Waals surface area contributed by atoms with Gasteiger partial charge < -0.3 is 9.80 Å². The van der Waals surface area contributed by atoms with Crippen LogP contribution in [0.2, 0.25) is 0 Å². The van der Waals surface area contributed by atoms with Gasteiger partial charge in [-0.2, -0.15) is 41.8 Å². The first-order valence-electron chi connectivity index (χ1n) is 21.6. The van der Waals surface area contributed by atoms with Crippen molar-refractivity contribution in [2.45, 2.75) is 77.3 Å². The SMILES string of the molecule is CCc1ccnc(NC(=O)N2c3nc(C(=O)C[C@H](C)C(F)(F)F)ccc3N3CC[C@H]2C3)c1.C[C@@H](CC(=O)c1ccc2c(n1)N(C(=O)Nc1cc(-c3cn[nH]n3)ccn1)[C@H]1CCN2C1)C(F)(F)F. The van der Waals surface area contributed by atoms with E-state index in [1.165, 1.54) is 34.3 Å². The molecule has 3 N–H and O–H groups in total. The number of ketones is 2. The second-order valence-electron chi connectivity index (χ2n) is 16.8. The molecule has 4 aliphatic rings. The number of nitrogens with one attached hydrogen (secondary N) is 3. The highest BCUT2D eigenvalue weighted by atomic mass is 19.4. The van der Waals surface area contributed by atoms with Gasteiger partial charge in [0, 0.05) is 57.0 Å². The second-order valence-corrected chi connectivity index (χ2v) is 16.8. The number of carbonyl (C=O) groups excluding carboxylic acids is 4. The number of fused-ring (bicyclic) bond motifs is 8. The van der Waals surface area contributed by atoms with E-state index in [2.05, 4.69) is 50.9 Å². The summed E-state index contributed by atoms with van der Waals surface area (Å²) < 4.78 is 77.5. The quantitative estimate of drug-likeness (QED) is 0.0900. The largest absolute Gasteiger partial charge is 0.391 e. The molecule has 0 spiro atoms. The molecule has 4 bridgehead atoms. The van der Waals surface area contributed by atoms with Crippen molar-refractivity contribution in [1.82, 2.24) is 35.3 Å². The number of urea groups is 2. The number of halogens is 6. The molecule has 5 aromatic heterocycles. The van der Waals surface area contributed by atoms with Crippen LogP contribution in [0.5, 0.6) is 0 Å². The van der Waals surface area contributed by atoms with E-state index in [9.17, 15) is 45.5 Å². The predicted molar refractivity (Wildman–Crippen MR) is 234 cm³/mol.